The third-order valence-corrected chi connectivity index (χ3v) is 3.64. The van der Waals surface area contributed by atoms with Crippen molar-refractivity contribution in [2.24, 2.45) is 0 Å². The van der Waals surface area contributed by atoms with E-state index >= 15 is 0 Å². The number of halogens is 2. The van der Waals surface area contributed by atoms with Crippen molar-refractivity contribution < 1.29 is 19.1 Å². The van der Waals surface area contributed by atoms with Crippen LogP contribution < -0.4 is 20.1 Å². The van der Waals surface area contributed by atoms with Crippen molar-refractivity contribution in [2.75, 3.05) is 25.6 Å². The van der Waals surface area contributed by atoms with E-state index in [-0.39, 0.29) is 13.2 Å². The molecule has 2 amide bonds. The van der Waals surface area contributed by atoms with Gasteiger partial charge in [0.1, 0.15) is 11.5 Å². The van der Waals surface area contributed by atoms with Gasteiger partial charge < -0.3 is 20.1 Å². The highest BCUT2D eigenvalue weighted by atomic mass is 35.5. The lowest BCUT2D eigenvalue weighted by Gasteiger charge is -2.10. The minimum atomic E-state index is -0.429. The molecule has 8 heteroatoms. The van der Waals surface area contributed by atoms with Gasteiger partial charge in [0.15, 0.2) is 6.61 Å². The van der Waals surface area contributed by atoms with Gasteiger partial charge in [-0.05, 0) is 42.5 Å². The molecule has 0 saturated carbocycles. The van der Waals surface area contributed by atoms with Gasteiger partial charge in [0.2, 0.25) is 5.91 Å². The molecule has 2 N–H and O–H groups in total. The first-order chi connectivity index (χ1) is 12.0. The van der Waals surface area contributed by atoms with Gasteiger partial charge >= 0.3 is 0 Å². The van der Waals surface area contributed by atoms with E-state index in [4.69, 9.17) is 32.7 Å². The number of amides is 2. The summed E-state index contributed by atoms with van der Waals surface area (Å²) in [6, 6.07) is 11.5. The van der Waals surface area contributed by atoms with E-state index in [1.165, 1.54) is 6.07 Å². The molecule has 0 heterocycles. The summed E-state index contributed by atoms with van der Waals surface area (Å²) in [6.07, 6.45) is 0. The van der Waals surface area contributed by atoms with E-state index in [1.54, 1.807) is 43.5 Å². The Balaban J connectivity index is 1.75. The van der Waals surface area contributed by atoms with E-state index in [9.17, 15) is 9.59 Å². The van der Waals surface area contributed by atoms with Gasteiger partial charge in [-0.3, -0.25) is 9.59 Å². The number of benzene rings is 2. The van der Waals surface area contributed by atoms with Gasteiger partial charge in [0.05, 0.1) is 24.4 Å². The molecule has 0 aliphatic rings. The fourth-order valence-corrected chi connectivity index (χ4v) is 2.18. The molecule has 25 heavy (non-hydrogen) atoms. The van der Waals surface area contributed by atoms with Gasteiger partial charge in [-0.25, -0.2) is 0 Å². The van der Waals surface area contributed by atoms with Gasteiger partial charge in [0.25, 0.3) is 5.91 Å². The summed E-state index contributed by atoms with van der Waals surface area (Å²) in [5.41, 5.74) is 0.378. The first-order valence-electron chi connectivity index (χ1n) is 7.26. The second-order valence-corrected chi connectivity index (χ2v) is 5.76. The molecule has 0 aliphatic heterocycles. The summed E-state index contributed by atoms with van der Waals surface area (Å²) < 4.78 is 10.3. The Labute approximate surface area is 155 Å². The first-order valence-corrected chi connectivity index (χ1v) is 8.02. The number of hydrogen-bond donors (Lipinski definition) is 2. The number of anilines is 1. The fourth-order valence-electron chi connectivity index (χ4n) is 1.84. The zero-order valence-corrected chi connectivity index (χ0v) is 14.9. The number of carbonyl (C=O) groups is 2. The molecule has 2 rings (SSSR count). The molecule has 0 bridgehead atoms. The Bertz CT molecular complexity index is 751. The fraction of sp³-hybridized carbons (Fsp3) is 0.176. The van der Waals surface area contributed by atoms with Crippen LogP contribution in [0.1, 0.15) is 0 Å². The third-order valence-electron chi connectivity index (χ3n) is 3.08. The predicted octanol–water partition coefficient (Wildman–Crippen LogP) is 3.14. The summed E-state index contributed by atoms with van der Waals surface area (Å²) >= 11 is 11.8. The first kappa shape index (κ1) is 18.9. The summed E-state index contributed by atoms with van der Waals surface area (Å²) in [4.78, 5) is 23.6. The summed E-state index contributed by atoms with van der Waals surface area (Å²) in [5.74, 6) is 0.351. The maximum atomic E-state index is 11.8. The lowest BCUT2D eigenvalue weighted by atomic mass is 10.3. The zero-order chi connectivity index (χ0) is 18.2. The number of nitrogens with one attached hydrogen (secondary N) is 2. The molecule has 0 aliphatic carbocycles. The van der Waals surface area contributed by atoms with Crippen LogP contribution in [0.3, 0.4) is 0 Å². The molecule has 0 atom stereocenters. The van der Waals surface area contributed by atoms with Crippen LogP contribution in [0.2, 0.25) is 10.0 Å². The van der Waals surface area contributed by atoms with Crippen LogP contribution in [0.25, 0.3) is 0 Å². The number of carbonyl (C=O) groups excluding carboxylic acids is 2. The monoisotopic (exact) mass is 382 g/mol. The van der Waals surface area contributed by atoms with Crippen molar-refractivity contribution in [3.8, 4) is 11.5 Å². The summed E-state index contributed by atoms with van der Waals surface area (Å²) in [7, 11) is 1.56. The molecule has 2 aromatic rings. The van der Waals surface area contributed by atoms with Crippen LogP contribution in [0.5, 0.6) is 11.5 Å². The molecular formula is C17H16Cl2N2O4. The van der Waals surface area contributed by atoms with Crippen molar-refractivity contribution >= 4 is 40.7 Å². The SMILES string of the molecule is COc1ccc(OCC(=O)NCC(=O)Nc2cc(Cl)ccc2Cl)cc1. The molecule has 0 spiro atoms. The van der Waals surface area contributed by atoms with Crippen LogP contribution in [0.4, 0.5) is 5.69 Å². The lowest BCUT2D eigenvalue weighted by Crippen LogP contribution is -2.35. The van der Waals surface area contributed by atoms with Crippen LogP contribution in [0.15, 0.2) is 42.5 Å². The van der Waals surface area contributed by atoms with Crippen LogP contribution in [0, 0.1) is 0 Å². The van der Waals surface area contributed by atoms with E-state index in [1.807, 2.05) is 0 Å². The Morgan fingerprint density at radius 3 is 2.36 bits per heavy atom. The average molecular weight is 383 g/mol. The van der Waals surface area contributed by atoms with E-state index in [0.717, 1.165) is 0 Å². The Hall–Kier alpha value is -2.44. The maximum absolute atomic E-state index is 11.8. The second kappa shape index (κ2) is 9.15. The molecule has 0 radical (unpaired) electrons. The molecule has 2 aromatic carbocycles. The van der Waals surface area contributed by atoms with E-state index in [2.05, 4.69) is 10.6 Å². The Morgan fingerprint density at radius 1 is 1.00 bits per heavy atom. The lowest BCUT2D eigenvalue weighted by molar-refractivity contribution is -0.125. The highest BCUT2D eigenvalue weighted by molar-refractivity contribution is 6.35. The average Bonchev–Trinajstić information content (AvgIpc) is 2.61. The number of methoxy groups -OCH3 is 1. The Morgan fingerprint density at radius 2 is 1.68 bits per heavy atom. The highest BCUT2D eigenvalue weighted by Crippen LogP contribution is 2.25. The van der Waals surface area contributed by atoms with Crippen molar-refractivity contribution in [2.45, 2.75) is 0 Å². The molecule has 0 saturated heterocycles. The van der Waals surface area contributed by atoms with Crippen molar-refractivity contribution in [1.82, 2.24) is 5.32 Å². The smallest absolute Gasteiger partial charge is 0.258 e. The van der Waals surface area contributed by atoms with E-state index < -0.39 is 11.8 Å². The quantitative estimate of drug-likeness (QED) is 0.770. The number of ether oxygens (including phenoxy) is 2. The van der Waals surface area contributed by atoms with Crippen molar-refractivity contribution in [1.29, 1.82) is 0 Å². The molecule has 0 fully saturated rings. The van der Waals surface area contributed by atoms with Crippen LogP contribution >= 0.6 is 23.2 Å². The predicted molar refractivity (Wildman–Crippen MR) is 96.6 cm³/mol. The second-order valence-electron chi connectivity index (χ2n) is 4.91. The third kappa shape index (κ3) is 6.17. The normalized spacial score (nSPS) is 10.0. The van der Waals surface area contributed by atoms with Crippen LogP contribution in [-0.4, -0.2) is 32.1 Å². The zero-order valence-electron chi connectivity index (χ0n) is 13.3. The van der Waals surface area contributed by atoms with Gasteiger partial charge in [0, 0.05) is 5.02 Å². The highest BCUT2D eigenvalue weighted by Gasteiger charge is 2.09. The standard InChI is InChI=1S/C17H16Cl2N2O4/c1-24-12-3-5-13(6-4-12)25-10-17(23)20-9-16(22)21-15-8-11(18)2-7-14(15)19/h2-8H,9-10H2,1H3,(H,20,23)(H,21,22). The largest absolute Gasteiger partial charge is 0.497 e. The van der Waals surface area contributed by atoms with Crippen molar-refractivity contribution in [3.05, 3.63) is 52.5 Å². The number of rotatable bonds is 7. The molecule has 0 aromatic heterocycles. The Kier molecular flexibility index (Phi) is 6.91. The number of hydrogen-bond acceptors (Lipinski definition) is 4. The maximum Gasteiger partial charge on any atom is 0.258 e. The van der Waals surface area contributed by atoms with Gasteiger partial charge in [-0.1, -0.05) is 23.2 Å². The minimum Gasteiger partial charge on any atom is -0.497 e. The molecular weight excluding hydrogens is 367 g/mol. The van der Waals surface area contributed by atoms with Gasteiger partial charge in [-0.2, -0.15) is 0 Å². The van der Waals surface area contributed by atoms with Crippen LogP contribution in [-0.2, 0) is 9.59 Å². The van der Waals surface area contributed by atoms with Crippen molar-refractivity contribution in [3.63, 3.8) is 0 Å². The topological polar surface area (TPSA) is 76.7 Å². The van der Waals surface area contributed by atoms with Gasteiger partial charge in [-0.15, -0.1) is 0 Å². The minimum absolute atomic E-state index is 0.211. The summed E-state index contributed by atoms with van der Waals surface area (Å²) in [6.45, 7) is -0.425. The molecule has 6 nitrogen and oxygen atoms in total. The summed E-state index contributed by atoms with van der Waals surface area (Å²) in [5, 5.41) is 5.82. The van der Waals surface area contributed by atoms with E-state index in [0.29, 0.717) is 27.2 Å². The molecule has 132 valence electrons. The molecule has 0 unspecified atom stereocenters.